The van der Waals surface area contributed by atoms with Crippen molar-refractivity contribution in [3.63, 3.8) is 0 Å². The third-order valence-electron chi connectivity index (χ3n) is 4.50. The van der Waals surface area contributed by atoms with E-state index >= 15 is 0 Å². The normalized spacial score (nSPS) is 13.1. The average molecular weight is 423 g/mol. The first-order valence-corrected chi connectivity index (χ1v) is 10.5. The van der Waals surface area contributed by atoms with E-state index in [0.29, 0.717) is 17.9 Å². The summed E-state index contributed by atoms with van der Waals surface area (Å²) in [6, 6.07) is 16.4. The van der Waals surface area contributed by atoms with E-state index in [2.05, 4.69) is 15.0 Å². The molecule has 0 atom stereocenters. The zero-order valence-electron chi connectivity index (χ0n) is 15.7. The fourth-order valence-corrected chi connectivity index (χ4v) is 4.01. The molecule has 0 unspecified atom stereocenters. The minimum Gasteiger partial charge on any atom is -0.487 e. The molecule has 0 spiro atoms. The van der Waals surface area contributed by atoms with E-state index in [4.69, 9.17) is 4.74 Å². The van der Waals surface area contributed by atoms with Gasteiger partial charge in [-0.1, -0.05) is 18.2 Å². The van der Waals surface area contributed by atoms with E-state index in [1.807, 2.05) is 18.2 Å². The molecule has 9 heteroatoms. The lowest BCUT2D eigenvalue weighted by Gasteiger charge is -2.10. The van der Waals surface area contributed by atoms with Crippen LogP contribution in [0.4, 0.5) is 0 Å². The van der Waals surface area contributed by atoms with Crippen LogP contribution in [0.5, 0.6) is 5.75 Å². The van der Waals surface area contributed by atoms with Crippen molar-refractivity contribution >= 4 is 21.8 Å². The molecule has 0 aliphatic carbocycles. The highest BCUT2D eigenvalue weighted by molar-refractivity contribution is 7.89. The number of carbonyl (C=O) groups is 2. The number of fused-ring (bicyclic) bond motifs is 1. The standard InChI is InChI=1S/C21H17N3O5S/c25-20-18-8-7-17(11-19(18)21(26)24-20)30(27,28)23-12-14-4-3-6-16(10-14)29-13-15-5-1-2-9-22-15/h1-11,23H,12-13H2,(H,24,25,26). The molecule has 1 aliphatic rings. The Balaban J connectivity index is 1.43. The van der Waals surface area contributed by atoms with Crippen LogP contribution in [0.2, 0.25) is 0 Å². The number of rotatable bonds is 7. The minimum absolute atomic E-state index is 0.0331. The summed E-state index contributed by atoms with van der Waals surface area (Å²) in [6.07, 6.45) is 1.68. The summed E-state index contributed by atoms with van der Waals surface area (Å²) >= 11 is 0. The van der Waals surface area contributed by atoms with Crippen LogP contribution in [0.15, 0.2) is 71.8 Å². The summed E-state index contributed by atoms with van der Waals surface area (Å²) in [6.45, 7) is 0.331. The molecule has 0 fully saturated rings. The average Bonchev–Trinajstić information content (AvgIpc) is 3.05. The van der Waals surface area contributed by atoms with Crippen LogP contribution in [0.3, 0.4) is 0 Å². The molecule has 8 nitrogen and oxygen atoms in total. The Morgan fingerprint density at radius 3 is 2.57 bits per heavy atom. The summed E-state index contributed by atoms with van der Waals surface area (Å²) in [4.78, 5) is 27.5. The lowest BCUT2D eigenvalue weighted by Crippen LogP contribution is -2.23. The van der Waals surface area contributed by atoms with Gasteiger partial charge in [0, 0.05) is 12.7 Å². The van der Waals surface area contributed by atoms with Gasteiger partial charge in [0.1, 0.15) is 12.4 Å². The second kappa shape index (κ2) is 8.05. The van der Waals surface area contributed by atoms with Crippen LogP contribution in [0.25, 0.3) is 0 Å². The first-order chi connectivity index (χ1) is 14.4. The van der Waals surface area contributed by atoms with Gasteiger partial charge in [0.15, 0.2) is 0 Å². The van der Waals surface area contributed by atoms with E-state index in [1.165, 1.54) is 18.2 Å². The van der Waals surface area contributed by atoms with Crippen molar-refractivity contribution in [2.75, 3.05) is 0 Å². The number of benzene rings is 2. The number of imide groups is 1. The molecule has 30 heavy (non-hydrogen) atoms. The number of nitrogens with one attached hydrogen (secondary N) is 2. The van der Waals surface area contributed by atoms with Gasteiger partial charge < -0.3 is 4.74 Å². The number of sulfonamides is 1. The van der Waals surface area contributed by atoms with Crippen molar-refractivity contribution in [3.8, 4) is 5.75 Å². The van der Waals surface area contributed by atoms with Gasteiger partial charge in [-0.25, -0.2) is 13.1 Å². The number of carbonyl (C=O) groups excluding carboxylic acids is 2. The van der Waals surface area contributed by atoms with Gasteiger partial charge in [-0.3, -0.25) is 19.9 Å². The minimum atomic E-state index is -3.88. The predicted molar refractivity (Wildman–Crippen MR) is 107 cm³/mol. The first kappa shape index (κ1) is 19.7. The second-order valence-corrected chi connectivity index (χ2v) is 8.34. The molecule has 0 saturated heterocycles. The van der Waals surface area contributed by atoms with Crippen LogP contribution in [0, 0.1) is 0 Å². The number of hydrogen-bond acceptors (Lipinski definition) is 6. The Morgan fingerprint density at radius 1 is 0.933 bits per heavy atom. The van der Waals surface area contributed by atoms with Crippen molar-refractivity contribution in [1.82, 2.24) is 15.0 Å². The third-order valence-corrected chi connectivity index (χ3v) is 5.89. The molecule has 0 bridgehead atoms. The Kier molecular flexibility index (Phi) is 5.30. The Hall–Kier alpha value is -3.56. The third kappa shape index (κ3) is 4.22. The van der Waals surface area contributed by atoms with Crippen molar-refractivity contribution < 1.29 is 22.7 Å². The molecule has 1 aromatic heterocycles. The Labute approximate surface area is 173 Å². The van der Waals surface area contributed by atoms with Gasteiger partial charge in [0.25, 0.3) is 11.8 Å². The van der Waals surface area contributed by atoms with Gasteiger partial charge in [0.05, 0.1) is 21.7 Å². The predicted octanol–water partition coefficient (Wildman–Crippen LogP) is 2.02. The highest BCUT2D eigenvalue weighted by Gasteiger charge is 2.28. The highest BCUT2D eigenvalue weighted by Crippen LogP contribution is 2.21. The Bertz CT molecular complexity index is 1230. The molecule has 0 radical (unpaired) electrons. The van der Waals surface area contributed by atoms with Crippen LogP contribution in [0.1, 0.15) is 32.0 Å². The van der Waals surface area contributed by atoms with Gasteiger partial charge in [-0.15, -0.1) is 0 Å². The van der Waals surface area contributed by atoms with Crippen molar-refractivity contribution in [3.05, 3.63) is 89.2 Å². The van der Waals surface area contributed by atoms with Crippen molar-refractivity contribution in [2.45, 2.75) is 18.0 Å². The number of ether oxygens (including phenoxy) is 1. The number of hydrogen-bond donors (Lipinski definition) is 2. The van der Waals surface area contributed by atoms with Crippen LogP contribution < -0.4 is 14.8 Å². The van der Waals surface area contributed by atoms with E-state index < -0.39 is 21.8 Å². The maximum absolute atomic E-state index is 12.6. The summed E-state index contributed by atoms with van der Waals surface area (Å²) in [7, 11) is -3.88. The number of aromatic nitrogens is 1. The number of pyridine rings is 1. The molecular weight excluding hydrogens is 406 g/mol. The highest BCUT2D eigenvalue weighted by atomic mass is 32.2. The fourth-order valence-electron chi connectivity index (χ4n) is 2.96. The van der Waals surface area contributed by atoms with Gasteiger partial charge >= 0.3 is 0 Å². The molecule has 2 heterocycles. The Morgan fingerprint density at radius 2 is 1.77 bits per heavy atom. The number of amides is 2. The van der Waals surface area contributed by atoms with Gasteiger partial charge in [0.2, 0.25) is 10.0 Å². The first-order valence-electron chi connectivity index (χ1n) is 9.03. The van der Waals surface area contributed by atoms with Crippen molar-refractivity contribution in [1.29, 1.82) is 0 Å². The molecule has 152 valence electrons. The zero-order valence-corrected chi connectivity index (χ0v) is 16.5. The smallest absolute Gasteiger partial charge is 0.258 e. The second-order valence-electron chi connectivity index (χ2n) is 6.57. The molecule has 3 aromatic rings. The van der Waals surface area contributed by atoms with E-state index in [0.717, 1.165) is 5.69 Å². The quantitative estimate of drug-likeness (QED) is 0.562. The topological polar surface area (TPSA) is 114 Å². The molecule has 4 rings (SSSR count). The van der Waals surface area contributed by atoms with Crippen molar-refractivity contribution in [2.24, 2.45) is 0 Å². The molecular formula is C21H17N3O5S. The number of nitrogens with zero attached hydrogens (tertiary/aromatic N) is 1. The SMILES string of the molecule is O=C1NC(=O)c2cc(S(=O)(=O)NCc3cccc(OCc4ccccn4)c3)ccc21. The van der Waals surface area contributed by atoms with E-state index in [9.17, 15) is 18.0 Å². The van der Waals surface area contributed by atoms with Crippen LogP contribution in [-0.2, 0) is 23.2 Å². The maximum atomic E-state index is 12.6. The van der Waals surface area contributed by atoms with Crippen LogP contribution in [-0.4, -0.2) is 25.2 Å². The van der Waals surface area contributed by atoms with E-state index in [-0.39, 0.29) is 22.6 Å². The summed E-state index contributed by atoms with van der Waals surface area (Å²) in [5.74, 6) is -0.552. The lowest BCUT2D eigenvalue weighted by atomic mass is 10.1. The summed E-state index contributed by atoms with van der Waals surface area (Å²) < 4.78 is 33.4. The molecule has 2 amide bonds. The summed E-state index contributed by atoms with van der Waals surface area (Å²) in [5.41, 5.74) is 1.69. The van der Waals surface area contributed by atoms with E-state index in [1.54, 1.807) is 30.5 Å². The fraction of sp³-hybridized carbons (Fsp3) is 0.0952. The summed E-state index contributed by atoms with van der Waals surface area (Å²) in [5, 5.41) is 2.14. The molecule has 2 N–H and O–H groups in total. The zero-order chi connectivity index (χ0) is 21.1. The monoisotopic (exact) mass is 423 g/mol. The molecule has 0 saturated carbocycles. The van der Waals surface area contributed by atoms with Gasteiger partial charge in [-0.05, 0) is 48.0 Å². The maximum Gasteiger partial charge on any atom is 0.258 e. The van der Waals surface area contributed by atoms with Gasteiger partial charge in [-0.2, -0.15) is 0 Å². The largest absolute Gasteiger partial charge is 0.487 e. The van der Waals surface area contributed by atoms with Crippen LogP contribution >= 0.6 is 0 Å². The molecule has 2 aromatic carbocycles. The lowest BCUT2D eigenvalue weighted by molar-refractivity contribution is 0.0879. The molecule has 1 aliphatic heterocycles.